The van der Waals surface area contributed by atoms with Gasteiger partial charge < -0.3 is 0 Å². The van der Waals surface area contributed by atoms with Gasteiger partial charge in [-0.1, -0.05) is 36.9 Å². The molecular formula is C12H14Cl. The monoisotopic (exact) mass is 193 g/mol. The van der Waals surface area contributed by atoms with Crippen LogP contribution in [-0.2, 0) is 0 Å². The highest BCUT2D eigenvalue weighted by Crippen LogP contribution is 2.35. The number of benzene rings is 1. The molecule has 0 atom stereocenters. The van der Waals surface area contributed by atoms with Gasteiger partial charge in [-0.15, -0.1) is 0 Å². The second-order valence-corrected chi connectivity index (χ2v) is 4.19. The van der Waals surface area contributed by atoms with Crippen LogP contribution in [0.25, 0.3) is 0 Å². The molecule has 0 aromatic heterocycles. The van der Waals surface area contributed by atoms with Crippen molar-refractivity contribution in [1.82, 2.24) is 0 Å². The van der Waals surface area contributed by atoms with Gasteiger partial charge in [-0.2, -0.15) is 0 Å². The van der Waals surface area contributed by atoms with Crippen molar-refractivity contribution in [3.8, 4) is 0 Å². The zero-order valence-corrected chi connectivity index (χ0v) is 8.48. The molecule has 0 aliphatic heterocycles. The van der Waals surface area contributed by atoms with Crippen LogP contribution in [0.4, 0.5) is 0 Å². The summed E-state index contributed by atoms with van der Waals surface area (Å²) in [6.07, 6.45) is 6.71. The summed E-state index contributed by atoms with van der Waals surface area (Å²) in [6, 6.07) is 9.00. The van der Waals surface area contributed by atoms with Crippen molar-refractivity contribution in [3.05, 3.63) is 34.9 Å². The lowest BCUT2D eigenvalue weighted by Gasteiger charge is -2.22. The standard InChI is InChI=1S/C12H14Cl/c13-12-9-5-4-8-11(12)10-6-2-1-3-7-10/h5,8-10H,1-3,6-7H2. The maximum Gasteiger partial charge on any atom is 0.0441 e. The lowest BCUT2D eigenvalue weighted by molar-refractivity contribution is 0.443. The lowest BCUT2D eigenvalue weighted by atomic mass is 9.84. The number of hydrogen-bond acceptors (Lipinski definition) is 0. The van der Waals surface area contributed by atoms with Crippen LogP contribution in [0.5, 0.6) is 0 Å². The Morgan fingerprint density at radius 1 is 1.23 bits per heavy atom. The van der Waals surface area contributed by atoms with Gasteiger partial charge in [0, 0.05) is 5.02 Å². The summed E-state index contributed by atoms with van der Waals surface area (Å²) in [6.45, 7) is 0. The Balaban J connectivity index is 2.18. The molecule has 69 valence electrons. The Kier molecular flexibility index (Phi) is 2.90. The third-order valence-corrected chi connectivity index (χ3v) is 3.23. The van der Waals surface area contributed by atoms with Crippen molar-refractivity contribution in [2.24, 2.45) is 0 Å². The summed E-state index contributed by atoms with van der Waals surface area (Å²) in [5.41, 5.74) is 1.31. The van der Waals surface area contributed by atoms with Gasteiger partial charge in [0.15, 0.2) is 0 Å². The molecule has 1 aliphatic carbocycles. The van der Waals surface area contributed by atoms with Gasteiger partial charge in [-0.05, 0) is 42.5 Å². The Hall–Kier alpha value is -0.490. The van der Waals surface area contributed by atoms with Crippen molar-refractivity contribution in [2.45, 2.75) is 38.0 Å². The molecule has 2 rings (SSSR count). The maximum absolute atomic E-state index is 6.14. The molecule has 1 heteroatoms. The van der Waals surface area contributed by atoms with Crippen molar-refractivity contribution in [2.75, 3.05) is 0 Å². The fraction of sp³-hybridized carbons (Fsp3) is 0.500. The van der Waals surface area contributed by atoms with Crippen LogP contribution < -0.4 is 0 Å². The third-order valence-electron chi connectivity index (χ3n) is 2.89. The average molecular weight is 194 g/mol. The largest absolute Gasteiger partial charge is 0.0840 e. The maximum atomic E-state index is 6.14. The van der Waals surface area contributed by atoms with Crippen LogP contribution in [0, 0.1) is 6.07 Å². The van der Waals surface area contributed by atoms with E-state index in [1.165, 1.54) is 37.7 Å². The summed E-state index contributed by atoms with van der Waals surface area (Å²) in [7, 11) is 0. The Morgan fingerprint density at radius 3 is 2.69 bits per heavy atom. The molecule has 1 saturated carbocycles. The van der Waals surface area contributed by atoms with E-state index in [2.05, 4.69) is 12.1 Å². The minimum absolute atomic E-state index is 0.693. The summed E-state index contributed by atoms with van der Waals surface area (Å²) in [4.78, 5) is 0. The van der Waals surface area contributed by atoms with Gasteiger partial charge >= 0.3 is 0 Å². The first kappa shape index (κ1) is 9.08. The molecule has 0 N–H and O–H groups in total. The summed E-state index contributed by atoms with van der Waals surface area (Å²) >= 11 is 6.14. The van der Waals surface area contributed by atoms with E-state index in [0.717, 1.165) is 5.02 Å². The molecule has 0 nitrogen and oxygen atoms in total. The number of rotatable bonds is 1. The van der Waals surface area contributed by atoms with Gasteiger partial charge in [0.1, 0.15) is 0 Å². The van der Waals surface area contributed by atoms with Crippen molar-refractivity contribution < 1.29 is 0 Å². The topological polar surface area (TPSA) is 0 Å². The van der Waals surface area contributed by atoms with Crippen molar-refractivity contribution >= 4 is 11.6 Å². The van der Waals surface area contributed by atoms with E-state index in [9.17, 15) is 0 Å². The Morgan fingerprint density at radius 2 is 2.00 bits per heavy atom. The third kappa shape index (κ3) is 2.05. The fourth-order valence-corrected chi connectivity index (χ4v) is 2.42. The predicted octanol–water partition coefficient (Wildman–Crippen LogP) is 4.19. The number of halogens is 1. The van der Waals surface area contributed by atoms with Crippen LogP contribution in [-0.4, -0.2) is 0 Å². The van der Waals surface area contributed by atoms with Crippen LogP contribution >= 0.6 is 11.6 Å². The second-order valence-electron chi connectivity index (χ2n) is 3.78. The first-order chi connectivity index (χ1) is 6.38. The van der Waals surface area contributed by atoms with Gasteiger partial charge in [0.05, 0.1) is 0 Å². The van der Waals surface area contributed by atoms with Gasteiger partial charge in [-0.25, -0.2) is 0 Å². The molecule has 0 saturated heterocycles. The first-order valence-corrected chi connectivity index (χ1v) is 5.41. The minimum atomic E-state index is 0.693. The molecule has 0 bridgehead atoms. The summed E-state index contributed by atoms with van der Waals surface area (Å²) in [5.74, 6) is 0.693. The smallest absolute Gasteiger partial charge is 0.0441 e. The van der Waals surface area contributed by atoms with Gasteiger partial charge in [0.25, 0.3) is 0 Å². The zero-order chi connectivity index (χ0) is 9.10. The highest BCUT2D eigenvalue weighted by molar-refractivity contribution is 6.31. The fourth-order valence-electron chi connectivity index (χ4n) is 2.15. The molecule has 0 heterocycles. The molecule has 13 heavy (non-hydrogen) atoms. The lowest BCUT2D eigenvalue weighted by Crippen LogP contribution is -2.04. The molecular weight excluding hydrogens is 180 g/mol. The van der Waals surface area contributed by atoms with Crippen LogP contribution in [0.3, 0.4) is 0 Å². The van der Waals surface area contributed by atoms with E-state index in [4.69, 9.17) is 11.6 Å². The molecule has 1 radical (unpaired) electrons. The van der Waals surface area contributed by atoms with E-state index in [0.29, 0.717) is 5.92 Å². The molecule has 1 aliphatic rings. The second kappa shape index (κ2) is 4.15. The van der Waals surface area contributed by atoms with Crippen molar-refractivity contribution in [3.63, 3.8) is 0 Å². The molecule has 0 amide bonds. The SMILES string of the molecule is Clc1cc[c]cc1C1CCCCC1. The van der Waals surface area contributed by atoms with E-state index in [1.54, 1.807) is 0 Å². The minimum Gasteiger partial charge on any atom is -0.0840 e. The van der Waals surface area contributed by atoms with Gasteiger partial charge in [0.2, 0.25) is 0 Å². The summed E-state index contributed by atoms with van der Waals surface area (Å²) in [5, 5.41) is 0.922. The zero-order valence-electron chi connectivity index (χ0n) is 7.72. The molecule has 1 aromatic rings. The van der Waals surface area contributed by atoms with E-state index >= 15 is 0 Å². The van der Waals surface area contributed by atoms with Crippen LogP contribution in [0.15, 0.2) is 18.2 Å². The van der Waals surface area contributed by atoms with Crippen LogP contribution in [0.2, 0.25) is 5.02 Å². The molecule has 1 aromatic carbocycles. The summed E-state index contributed by atoms with van der Waals surface area (Å²) < 4.78 is 0. The van der Waals surface area contributed by atoms with E-state index in [1.807, 2.05) is 12.1 Å². The van der Waals surface area contributed by atoms with E-state index in [-0.39, 0.29) is 0 Å². The van der Waals surface area contributed by atoms with Crippen molar-refractivity contribution in [1.29, 1.82) is 0 Å². The molecule has 0 unspecified atom stereocenters. The predicted molar refractivity (Wildman–Crippen MR) is 56.1 cm³/mol. The normalized spacial score (nSPS) is 18.8. The van der Waals surface area contributed by atoms with E-state index < -0.39 is 0 Å². The average Bonchev–Trinajstić information content (AvgIpc) is 2.20. The first-order valence-electron chi connectivity index (χ1n) is 5.03. The molecule has 0 spiro atoms. The highest BCUT2D eigenvalue weighted by Gasteiger charge is 2.17. The Bertz CT molecular complexity index is 274. The molecule has 1 fully saturated rings. The Labute approximate surface area is 84.9 Å². The highest BCUT2D eigenvalue weighted by atomic mass is 35.5. The van der Waals surface area contributed by atoms with Crippen LogP contribution in [0.1, 0.15) is 43.6 Å². The van der Waals surface area contributed by atoms with Gasteiger partial charge in [-0.3, -0.25) is 0 Å². The number of hydrogen-bond donors (Lipinski definition) is 0. The quantitative estimate of drug-likeness (QED) is 0.628.